The predicted octanol–water partition coefficient (Wildman–Crippen LogP) is 12.6. The summed E-state index contributed by atoms with van der Waals surface area (Å²) in [5, 5.41) is 0. The molecule has 40 heavy (non-hydrogen) atoms. The van der Waals surface area contributed by atoms with Gasteiger partial charge in [0.1, 0.15) is 16.1 Å². The second-order valence-corrected chi connectivity index (χ2v) is 26.0. The van der Waals surface area contributed by atoms with E-state index >= 15 is 0 Å². The number of hydrogen-bond acceptors (Lipinski definition) is 0. The van der Waals surface area contributed by atoms with Gasteiger partial charge in [-0.1, -0.05) is 151 Å². The molecule has 0 unspecified atom stereocenters. The molecule has 0 saturated heterocycles. The fraction of sp³-hybridized carbons (Fsp3) is 0.500. The first kappa shape index (κ1) is 34.9. The van der Waals surface area contributed by atoms with Crippen LogP contribution in [-0.2, 0) is 0 Å². The molecule has 0 fully saturated rings. The van der Waals surface area contributed by atoms with E-state index in [4.69, 9.17) is 0 Å². The molecule has 0 heterocycles. The number of benzene rings is 2. The molecule has 0 amide bonds. The zero-order valence-electron chi connectivity index (χ0n) is 26.8. The fourth-order valence-corrected chi connectivity index (χ4v) is 17.9. The monoisotopic (exact) mass is 696 g/mol. The van der Waals surface area contributed by atoms with Crippen LogP contribution < -0.4 is 0 Å². The highest BCUT2D eigenvalue weighted by Gasteiger charge is 2.43. The standard InChI is InChI=1S/C36H50Br2Si2/c1-25(2)39(26(3)4,27(5)6)23-21-35(31-13-17-33(37)18-14-31)36(32-15-19-34(38)20-16-32)22-24-40(28(7)8,29(9)10)30(11)12/h13-20,25-30H,1-12H3/b36-35+. The van der Waals surface area contributed by atoms with Gasteiger partial charge in [-0.25, -0.2) is 0 Å². The van der Waals surface area contributed by atoms with Crippen molar-refractivity contribution >= 4 is 59.2 Å². The predicted molar refractivity (Wildman–Crippen MR) is 193 cm³/mol. The van der Waals surface area contributed by atoms with Gasteiger partial charge in [-0.3, -0.25) is 0 Å². The molecule has 2 aromatic carbocycles. The number of rotatable bonds is 8. The van der Waals surface area contributed by atoms with Crippen LogP contribution in [0.1, 0.15) is 94.2 Å². The summed E-state index contributed by atoms with van der Waals surface area (Å²) in [6.45, 7) is 28.6. The smallest absolute Gasteiger partial charge is 0.125 e. The van der Waals surface area contributed by atoms with Crippen LogP contribution in [-0.4, -0.2) is 16.1 Å². The summed E-state index contributed by atoms with van der Waals surface area (Å²) in [7, 11) is -3.91. The van der Waals surface area contributed by atoms with Crippen LogP contribution in [0.15, 0.2) is 57.5 Å². The normalized spacial score (nSPS) is 13.1. The Morgan fingerprint density at radius 2 is 0.675 bits per heavy atom. The molecule has 0 nitrogen and oxygen atoms in total. The second-order valence-electron chi connectivity index (χ2n) is 13.1. The summed E-state index contributed by atoms with van der Waals surface area (Å²) >= 11 is 7.29. The maximum Gasteiger partial charge on any atom is 0.146 e. The van der Waals surface area contributed by atoms with E-state index in [1.807, 2.05) is 0 Å². The van der Waals surface area contributed by atoms with Gasteiger partial charge in [0.2, 0.25) is 0 Å². The van der Waals surface area contributed by atoms with Gasteiger partial charge in [-0.15, -0.1) is 11.1 Å². The Labute approximate surface area is 265 Å². The minimum absolute atomic E-state index is 0.566. The average Bonchev–Trinajstić information content (AvgIpc) is 2.85. The molecule has 0 aliphatic heterocycles. The molecule has 0 saturated carbocycles. The second kappa shape index (κ2) is 14.7. The summed E-state index contributed by atoms with van der Waals surface area (Å²) in [5.41, 5.74) is 15.8. The Morgan fingerprint density at radius 3 is 0.875 bits per heavy atom. The molecule has 0 radical (unpaired) electrons. The SMILES string of the molecule is CC(C)[Si](C#C/C(=C(/C#C[Si](C(C)C)(C(C)C)C(C)C)c1ccc(Br)cc1)c1ccc(Br)cc1)(C(C)C)C(C)C. The molecule has 0 aliphatic rings. The Morgan fingerprint density at radius 1 is 0.450 bits per heavy atom. The van der Waals surface area contributed by atoms with Gasteiger partial charge in [-0.05, 0) is 68.6 Å². The van der Waals surface area contributed by atoms with Gasteiger partial charge in [0, 0.05) is 20.1 Å². The lowest BCUT2D eigenvalue weighted by molar-refractivity contribution is 0.838. The summed E-state index contributed by atoms with van der Waals surface area (Å²) in [6.07, 6.45) is 0. The lowest BCUT2D eigenvalue weighted by Crippen LogP contribution is -2.43. The average molecular weight is 699 g/mol. The van der Waals surface area contributed by atoms with Gasteiger partial charge in [0.25, 0.3) is 0 Å². The van der Waals surface area contributed by atoms with Crippen molar-refractivity contribution in [2.75, 3.05) is 0 Å². The van der Waals surface area contributed by atoms with E-state index < -0.39 is 16.1 Å². The number of hydrogen-bond donors (Lipinski definition) is 0. The molecule has 0 aliphatic carbocycles. The molecule has 2 rings (SSSR count). The topological polar surface area (TPSA) is 0 Å². The summed E-state index contributed by atoms with van der Waals surface area (Å²) in [6, 6.07) is 17.3. The van der Waals surface area contributed by atoms with Gasteiger partial charge in [-0.2, -0.15) is 0 Å². The molecule has 0 aromatic heterocycles. The molecular weight excluding hydrogens is 648 g/mol. The first-order chi connectivity index (χ1) is 18.6. The van der Waals surface area contributed by atoms with Crippen LogP contribution in [0.4, 0.5) is 0 Å². The van der Waals surface area contributed by atoms with E-state index in [9.17, 15) is 0 Å². The molecule has 4 heteroatoms. The molecule has 0 N–H and O–H groups in total. The fourth-order valence-electron chi connectivity index (χ4n) is 7.00. The van der Waals surface area contributed by atoms with Crippen molar-refractivity contribution in [1.29, 1.82) is 0 Å². The Kier molecular flexibility index (Phi) is 12.9. The van der Waals surface area contributed by atoms with E-state index in [0.29, 0.717) is 33.2 Å². The maximum absolute atomic E-state index is 4.03. The Balaban J connectivity index is 3.13. The lowest BCUT2D eigenvalue weighted by Gasteiger charge is -2.38. The van der Waals surface area contributed by atoms with E-state index in [1.165, 1.54) is 0 Å². The van der Waals surface area contributed by atoms with E-state index in [0.717, 1.165) is 31.2 Å². The van der Waals surface area contributed by atoms with E-state index in [1.54, 1.807) is 0 Å². The zero-order chi connectivity index (χ0) is 30.4. The highest BCUT2D eigenvalue weighted by Crippen LogP contribution is 2.42. The first-order valence-electron chi connectivity index (χ1n) is 14.9. The Hall–Kier alpha value is -1.31. The molecule has 2 aromatic rings. The van der Waals surface area contributed by atoms with Crippen LogP contribution in [0.2, 0.25) is 33.2 Å². The molecule has 0 spiro atoms. The molecule has 0 atom stereocenters. The molecular formula is C36H50Br2Si2. The van der Waals surface area contributed by atoms with Crippen LogP contribution in [0.3, 0.4) is 0 Å². The van der Waals surface area contributed by atoms with Gasteiger partial charge < -0.3 is 0 Å². The van der Waals surface area contributed by atoms with Crippen LogP contribution in [0, 0.1) is 22.9 Å². The third-order valence-electron chi connectivity index (χ3n) is 9.06. The molecule has 0 bridgehead atoms. The number of halogens is 2. The third kappa shape index (κ3) is 7.55. The van der Waals surface area contributed by atoms with Crippen LogP contribution in [0.25, 0.3) is 11.1 Å². The van der Waals surface area contributed by atoms with Crippen molar-refractivity contribution in [3.05, 3.63) is 68.6 Å². The summed E-state index contributed by atoms with van der Waals surface area (Å²) in [5.74, 6) is 7.71. The lowest BCUT2D eigenvalue weighted by atomic mass is 9.95. The van der Waals surface area contributed by atoms with Crippen molar-refractivity contribution < 1.29 is 0 Å². The minimum Gasteiger partial charge on any atom is -0.125 e. The maximum atomic E-state index is 4.03. The van der Waals surface area contributed by atoms with E-state index in [2.05, 4.69) is 186 Å². The first-order valence-corrected chi connectivity index (χ1v) is 21.0. The summed E-state index contributed by atoms with van der Waals surface area (Å²) < 4.78 is 2.14. The number of allylic oxidation sites excluding steroid dienone is 2. The van der Waals surface area contributed by atoms with Crippen molar-refractivity contribution in [2.24, 2.45) is 0 Å². The minimum atomic E-state index is -1.95. The van der Waals surface area contributed by atoms with Gasteiger partial charge in [0.05, 0.1) is 0 Å². The van der Waals surface area contributed by atoms with Crippen LogP contribution in [0.5, 0.6) is 0 Å². The van der Waals surface area contributed by atoms with Crippen LogP contribution >= 0.6 is 31.9 Å². The highest BCUT2D eigenvalue weighted by atomic mass is 79.9. The zero-order valence-corrected chi connectivity index (χ0v) is 32.0. The third-order valence-corrected chi connectivity index (χ3v) is 22.7. The van der Waals surface area contributed by atoms with Crippen molar-refractivity contribution in [2.45, 2.75) is 116 Å². The van der Waals surface area contributed by atoms with Crippen molar-refractivity contribution in [3.63, 3.8) is 0 Å². The largest absolute Gasteiger partial charge is 0.146 e. The quantitative estimate of drug-likeness (QED) is 0.146. The Bertz CT molecular complexity index is 1130. The van der Waals surface area contributed by atoms with Gasteiger partial charge >= 0.3 is 0 Å². The van der Waals surface area contributed by atoms with E-state index in [-0.39, 0.29) is 0 Å². The van der Waals surface area contributed by atoms with Crippen molar-refractivity contribution in [3.8, 4) is 22.9 Å². The molecule has 216 valence electrons. The van der Waals surface area contributed by atoms with Gasteiger partial charge in [0.15, 0.2) is 0 Å². The van der Waals surface area contributed by atoms with Crippen molar-refractivity contribution in [1.82, 2.24) is 0 Å². The summed E-state index contributed by atoms with van der Waals surface area (Å²) in [4.78, 5) is 0. The highest BCUT2D eigenvalue weighted by molar-refractivity contribution is 9.10.